The third kappa shape index (κ3) is 2.85. The van der Waals surface area contributed by atoms with Crippen LogP contribution in [0.2, 0.25) is 0 Å². The lowest BCUT2D eigenvalue weighted by atomic mass is 10.1. The van der Waals surface area contributed by atoms with E-state index in [1.807, 2.05) is 0 Å². The van der Waals surface area contributed by atoms with Crippen LogP contribution in [0.3, 0.4) is 0 Å². The highest BCUT2D eigenvalue weighted by Gasteiger charge is 2.17. The summed E-state index contributed by atoms with van der Waals surface area (Å²) < 4.78 is 0. The van der Waals surface area contributed by atoms with Crippen LogP contribution in [0.1, 0.15) is 20.7 Å². The first-order valence-electron chi connectivity index (χ1n) is 3.90. The van der Waals surface area contributed by atoms with Gasteiger partial charge in [0.15, 0.2) is 0 Å². The highest BCUT2D eigenvalue weighted by molar-refractivity contribution is 5.96. The van der Waals surface area contributed by atoms with Gasteiger partial charge in [-0.25, -0.2) is 9.59 Å². The maximum Gasteiger partial charge on any atom is 0.339 e. The zero-order valence-corrected chi connectivity index (χ0v) is 8.21. The van der Waals surface area contributed by atoms with Gasteiger partial charge in [0.05, 0.1) is 0 Å². The molecule has 0 unspecified atom stereocenters. The molecule has 0 saturated carbocycles. The zero-order valence-electron chi connectivity index (χ0n) is 8.21. The molecule has 1 aromatic rings. The number of hydrogen-bond acceptors (Lipinski definition) is 5. The molecular formula is C9H10O7. The Kier molecular flexibility index (Phi) is 4.77. The maximum absolute atomic E-state index is 10.4. The molecule has 0 aliphatic rings. The van der Waals surface area contributed by atoms with Crippen LogP contribution < -0.4 is 0 Å². The summed E-state index contributed by atoms with van der Waals surface area (Å²) in [4.78, 5) is 20.9. The van der Waals surface area contributed by atoms with Crippen LogP contribution in [0.15, 0.2) is 12.1 Å². The number of aliphatic hydroxyl groups is 1. The largest absolute Gasteiger partial charge is 0.507 e. The molecule has 5 N–H and O–H groups in total. The summed E-state index contributed by atoms with van der Waals surface area (Å²) in [5, 5.41) is 42.2. The predicted octanol–water partition coefficient (Wildman–Crippen LogP) is 0.103. The lowest BCUT2D eigenvalue weighted by Crippen LogP contribution is -2.01. The van der Waals surface area contributed by atoms with E-state index in [-0.39, 0.29) is 0 Å². The highest BCUT2D eigenvalue weighted by Crippen LogP contribution is 2.27. The van der Waals surface area contributed by atoms with Crippen molar-refractivity contribution in [3.63, 3.8) is 0 Å². The number of aromatic carboxylic acids is 2. The second-order valence-corrected chi connectivity index (χ2v) is 2.50. The van der Waals surface area contributed by atoms with Crippen LogP contribution in [0, 0.1) is 0 Å². The van der Waals surface area contributed by atoms with Crippen LogP contribution >= 0.6 is 0 Å². The van der Waals surface area contributed by atoms with Gasteiger partial charge in [-0.3, -0.25) is 0 Å². The van der Waals surface area contributed by atoms with Crippen molar-refractivity contribution in [2.45, 2.75) is 0 Å². The Morgan fingerprint density at radius 2 is 1.12 bits per heavy atom. The van der Waals surface area contributed by atoms with Crippen LogP contribution in [0.25, 0.3) is 0 Å². The van der Waals surface area contributed by atoms with Gasteiger partial charge in [-0.05, 0) is 12.1 Å². The monoisotopic (exact) mass is 230 g/mol. The maximum atomic E-state index is 10.4. The molecule has 0 amide bonds. The van der Waals surface area contributed by atoms with Crippen molar-refractivity contribution in [3.8, 4) is 11.5 Å². The van der Waals surface area contributed by atoms with Crippen molar-refractivity contribution in [2.75, 3.05) is 7.11 Å². The minimum atomic E-state index is -1.45. The van der Waals surface area contributed by atoms with Crippen LogP contribution in [-0.4, -0.2) is 44.6 Å². The molecule has 0 spiro atoms. The third-order valence-corrected chi connectivity index (χ3v) is 1.57. The van der Waals surface area contributed by atoms with Gasteiger partial charge in [0.25, 0.3) is 0 Å². The molecule has 0 fully saturated rings. The number of carboxylic acid groups (broad SMARTS) is 2. The van der Waals surface area contributed by atoms with E-state index in [9.17, 15) is 9.59 Å². The fourth-order valence-corrected chi connectivity index (χ4v) is 0.919. The smallest absolute Gasteiger partial charge is 0.339 e. The summed E-state index contributed by atoms with van der Waals surface area (Å²) in [7, 11) is 1.00. The van der Waals surface area contributed by atoms with E-state index in [0.717, 1.165) is 7.11 Å². The van der Waals surface area contributed by atoms with E-state index in [1.165, 1.54) is 0 Å². The van der Waals surface area contributed by atoms with Crippen LogP contribution in [-0.2, 0) is 0 Å². The van der Waals surface area contributed by atoms with Gasteiger partial charge >= 0.3 is 11.9 Å². The van der Waals surface area contributed by atoms with Gasteiger partial charge in [0, 0.05) is 7.11 Å². The van der Waals surface area contributed by atoms with Crippen molar-refractivity contribution < 1.29 is 35.1 Å². The second kappa shape index (κ2) is 5.56. The molecule has 0 atom stereocenters. The Morgan fingerprint density at radius 3 is 1.31 bits per heavy atom. The summed E-state index contributed by atoms with van der Waals surface area (Å²) in [5.41, 5.74) is -1.10. The second-order valence-electron chi connectivity index (χ2n) is 2.50. The molecule has 7 nitrogen and oxygen atoms in total. The molecule has 1 rings (SSSR count). The van der Waals surface area contributed by atoms with Crippen molar-refractivity contribution in [1.82, 2.24) is 0 Å². The number of hydrogen-bond donors (Lipinski definition) is 5. The average Bonchev–Trinajstić information content (AvgIpc) is 2.23. The Labute approximate surface area is 89.8 Å². The van der Waals surface area contributed by atoms with E-state index in [0.29, 0.717) is 12.1 Å². The molecule has 0 aliphatic heterocycles. The van der Waals surface area contributed by atoms with Crippen LogP contribution in [0.5, 0.6) is 11.5 Å². The van der Waals surface area contributed by atoms with E-state index in [2.05, 4.69) is 0 Å². The molecule has 0 heterocycles. The fourth-order valence-electron chi connectivity index (χ4n) is 0.919. The first-order chi connectivity index (χ1) is 7.43. The number of carboxylic acids is 2. The van der Waals surface area contributed by atoms with E-state index < -0.39 is 34.6 Å². The number of benzene rings is 1. The van der Waals surface area contributed by atoms with Gasteiger partial charge in [-0.2, -0.15) is 0 Å². The Bertz CT molecular complexity index is 371. The number of rotatable bonds is 2. The first kappa shape index (κ1) is 13.7. The summed E-state index contributed by atoms with van der Waals surface area (Å²) in [6, 6.07) is 1.36. The standard InChI is InChI=1S/C8H6O6.CH4O/c9-5-1-3(7(11)12)6(10)2-4(5)8(13)14;1-2/h1-2,9-10H,(H,11,12)(H,13,14);2H,1H3. The Morgan fingerprint density at radius 1 is 0.875 bits per heavy atom. The number of carbonyl (C=O) groups is 2. The fraction of sp³-hybridized carbons (Fsp3) is 0.111. The quantitative estimate of drug-likeness (QED) is 0.454. The molecule has 0 aliphatic carbocycles. The van der Waals surface area contributed by atoms with Crippen molar-refractivity contribution >= 4 is 11.9 Å². The van der Waals surface area contributed by atoms with Crippen LogP contribution in [0.4, 0.5) is 0 Å². The normalized spacial score (nSPS) is 8.88. The van der Waals surface area contributed by atoms with Gasteiger partial charge in [0.2, 0.25) is 0 Å². The molecule has 0 bridgehead atoms. The SMILES string of the molecule is CO.O=C(O)c1cc(O)c(C(=O)O)cc1O. The van der Waals surface area contributed by atoms with Crippen molar-refractivity contribution in [3.05, 3.63) is 23.3 Å². The third-order valence-electron chi connectivity index (χ3n) is 1.57. The molecule has 1 aromatic carbocycles. The summed E-state index contributed by atoms with van der Waals surface area (Å²) in [6.45, 7) is 0. The van der Waals surface area contributed by atoms with Crippen molar-refractivity contribution in [2.24, 2.45) is 0 Å². The Hall–Kier alpha value is -2.28. The molecule has 0 aromatic heterocycles. The molecule has 7 heteroatoms. The van der Waals surface area contributed by atoms with E-state index in [4.69, 9.17) is 25.5 Å². The zero-order chi connectivity index (χ0) is 12.9. The summed E-state index contributed by atoms with van der Waals surface area (Å²) in [5.74, 6) is -4.30. The minimum Gasteiger partial charge on any atom is -0.507 e. The number of aromatic hydroxyl groups is 2. The molecule has 88 valence electrons. The van der Waals surface area contributed by atoms with Gasteiger partial charge in [0.1, 0.15) is 22.6 Å². The van der Waals surface area contributed by atoms with Gasteiger partial charge < -0.3 is 25.5 Å². The molecule has 0 radical (unpaired) electrons. The average molecular weight is 230 g/mol. The first-order valence-corrected chi connectivity index (χ1v) is 3.90. The van der Waals surface area contributed by atoms with Gasteiger partial charge in [-0.15, -0.1) is 0 Å². The lowest BCUT2D eigenvalue weighted by Gasteiger charge is -2.03. The highest BCUT2D eigenvalue weighted by atomic mass is 16.4. The topological polar surface area (TPSA) is 135 Å². The van der Waals surface area contributed by atoms with Crippen molar-refractivity contribution in [1.29, 1.82) is 0 Å². The lowest BCUT2D eigenvalue weighted by molar-refractivity contribution is 0.0675. The van der Waals surface area contributed by atoms with E-state index >= 15 is 0 Å². The number of phenols is 2. The molecule has 0 saturated heterocycles. The molecular weight excluding hydrogens is 220 g/mol. The minimum absolute atomic E-state index is 0.549. The summed E-state index contributed by atoms with van der Waals surface area (Å²) >= 11 is 0. The molecule has 16 heavy (non-hydrogen) atoms. The number of aliphatic hydroxyl groups excluding tert-OH is 1. The predicted molar refractivity (Wildman–Crippen MR) is 51.8 cm³/mol. The van der Waals surface area contributed by atoms with Gasteiger partial charge in [-0.1, -0.05) is 0 Å². The summed E-state index contributed by atoms with van der Waals surface area (Å²) in [6.07, 6.45) is 0. The Balaban J connectivity index is 0.00000106. The van der Waals surface area contributed by atoms with E-state index in [1.54, 1.807) is 0 Å².